The highest BCUT2D eigenvalue weighted by Gasteiger charge is 2.12. The molecule has 0 aliphatic heterocycles. The fraction of sp³-hybridized carbons (Fsp3) is 0.533. The maximum absolute atomic E-state index is 8.83. The molecule has 2 heteroatoms. The van der Waals surface area contributed by atoms with Gasteiger partial charge in [0.15, 0.2) is 0 Å². The molecule has 2 rings (SSSR count). The summed E-state index contributed by atoms with van der Waals surface area (Å²) in [6.07, 6.45) is 8.10. The summed E-state index contributed by atoms with van der Waals surface area (Å²) in [5.41, 5.74) is 1.82. The van der Waals surface area contributed by atoms with Crippen LogP contribution in [0.3, 0.4) is 0 Å². The van der Waals surface area contributed by atoms with Crippen molar-refractivity contribution in [3.63, 3.8) is 0 Å². The number of nitriles is 1. The molecule has 0 bridgehead atoms. The Hall–Kier alpha value is -1.33. The first-order chi connectivity index (χ1) is 8.38. The van der Waals surface area contributed by atoms with Crippen LogP contribution >= 0.6 is 0 Å². The van der Waals surface area contributed by atoms with Crippen molar-refractivity contribution in [1.82, 2.24) is 0 Å². The van der Waals surface area contributed by atoms with Crippen LogP contribution in [-0.4, -0.2) is 6.10 Å². The SMILES string of the molecule is N#Cc1cccc(COC2CCCCCC2)c1. The van der Waals surface area contributed by atoms with Gasteiger partial charge in [0.2, 0.25) is 0 Å². The standard InChI is InChI=1S/C15H19NO/c16-11-13-6-5-7-14(10-13)12-17-15-8-3-1-2-4-9-15/h5-7,10,15H,1-4,8-9,12H2. The van der Waals surface area contributed by atoms with E-state index >= 15 is 0 Å². The maximum Gasteiger partial charge on any atom is 0.0991 e. The topological polar surface area (TPSA) is 33.0 Å². The van der Waals surface area contributed by atoms with Gasteiger partial charge in [0.1, 0.15) is 0 Å². The first kappa shape index (κ1) is 12.1. The summed E-state index contributed by atoms with van der Waals surface area (Å²) in [5, 5.41) is 8.83. The predicted octanol–water partition coefficient (Wildman–Crippen LogP) is 3.80. The Morgan fingerprint density at radius 3 is 2.65 bits per heavy atom. The molecule has 1 aromatic rings. The lowest BCUT2D eigenvalue weighted by Crippen LogP contribution is -2.11. The first-order valence-corrected chi connectivity index (χ1v) is 6.49. The Labute approximate surface area is 103 Å². The number of hydrogen-bond acceptors (Lipinski definition) is 2. The number of rotatable bonds is 3. The quantitative estimate of drug-likeness (QED) is 0.739. The van der Waals surface area contributed by atoms with Gasteiger partial charge in [0.25, 0.3) is 0 Å². The van der Waals surface area contributed by atoms with E-state index in [1.165, 1.54) is 38.5 Å². The lowest BCUT2D eigenvalue weighted by atomic mass is 10.1. The van der Waals surface area contributed by atoms with E-state index < -0.39 is 0 Å². The van der Waals surface area contributed by atoms with E-state index in [1.807, 2.05) is 24.3 Å². The van der Waals surface area contributed by atoms with Crippen molar-refractivity contribution in [3.05, 3.63) is 35.4 Å². The highest BCUT2D eigenvalue weighted by molar-refractivity contribution is 5.32. The van der Waals surface area contributed by atoms with Gasteiger partial charge in [0.05, 0.1) is 24.3 Å². The molecule has 1 saturated carbocycles. The predicted molar refractivity (Wildman–Crippen MR) is 67.4 cm³/mol. The summed E-state index contributed by atoms with van der Waals surface area (Å²) in [7, 11) is 0. The van der Waals surface area contributed by atoms with Crippen LogP contribution in [0.2, 0.25) is 0 Å². The zero-order valence-corrected chi connectivity index (χ0v) is 10.2. The van der Waals surface area contributed by atoms with Crippen molar-refractivity contribution >= 4 is 0 Å². The van der Waals surface area contributed by atoms with E-state index in [2.05, 4.69) is 6.07 Å². The highest BCUT2D eigenvalue weighted by atomic mass is 16.5. The van der Waals surface area contributed by atoms with Crippen molar-refractivity contribution in [2.24, 2.45) is 0 Å². The Kier molecular flexibility index (Phi) is 4.58. The van der Waals surface area contributed by atoms with E-state index in [1.54, 1.807) is 0 Å². The van der Waals surface area contributed by atoms with E-state index in [0.717, 1.165) is 5.56 Å². The van der Waals surface area contributed by atoms with Gasteiger partial charge in [-0.2, -0.15) is 5.26 Å². The molecule has 17 heavy (non-hydrogen) atoms. The van der Waals surface area contributed by atoms with Crippen LogP contribution in [0, 0.1) is 11.3 Å². The van der Waals surface area contributed by atoms with Crippen LogP contribution in [0.4, 0.5) is 0 Å². The van der Waals surface area contributed by atoms with Crippen LogP contribution in [0.5, 0.6) is 0 Å². The molecular weight excluding hydrogens is 210 g/mol. The summed E-state index contributed by atoms with van der Waals surface area (Å²) in [4.78, 5) is 0. The lowest BCUT2D eigenvalue weighted by molar-refractivity contribution is 0.0310. The molecule has 1 aliphatic carbocycles. The summed E-state index contributed by atoms with van der Waals surface area (Å²) < 4.78 is 5.94. The van der Waals surface area contributed by atoms with Crippen LogP contribution in [0.25, 0.3) is 0 Å². The van der Waals surface area contributed by atoms with E-state index in [4.69, 9.17) is 10.00 Å². The van der Waals surface area contributed by atoms with Crippen LogP contribution in [-0.2, 0) is 11.3 Å². The van der Waals surface area contributed by atoms with Gasteiger partial charge in [-0.05, 0) is 30.5 Å². The average Bonchev–Trinajstić information content (AvgIpc) is 2.65. The molecule has 0 heterocycles. The third-order valence-corrected chi connectivity index (χ3v) is 3.34. The molecule has 1 fully saturated rings. The van der Waals surface area contributed by atoms with E-state index in [-0.39, 0.29) is 0 Å². The summed E-state index contributed by atoms with van der Waals surface area (Å²) in [5.74, 6) is 0. The van der Waals surface area contributed by atoms with Crippen molar-refractivity contribution < 1.29 is 4.74 Å². The average molecular weight is 229 g/mol. The summed E-state index contributed by atoms with van der Waals surface area (Å²) in [6, 6.07) is 9.85. The van der Waals surface area contributed by atoms with Gasteiger partial charge in [-0.3, -0.25) is 0 Å². The molecule has 0 spiro atoms. The fourth-order valence-electron chi connectivity index (χ4n) is 2.35. The first-order valence-electron chi connectivity index (χ1n) is 6.49. The molecule has 0 unspecified atom stereocenters. The summed E-state index contributed by atoms with van der Waals surface area (Å²) >= 11 is 0. The molecule has 0 saturated heterocycles. The summed E-state index contributed by atoms with van der Waals surface area (Å²) in [6.45, 7) is 0.639. The molecule has 0 radical (unpaired) electrons. The minimum atomic E-state index is 0.420. The largest absolute Gasteiger partial charge is 0.374 e. The monoisotopic (exact) mass is 229 g/mol. The number of ether oxygens (including phenoxy) is 1. The van der Waals surface area contributed by atoms with Gasteiger partial charge in [-0.15, -0.1) is 0 Å². The molecule has 0 amide bonds. The molecule has 2 nitrogen and oxygen atoms in total. The zero-order valence-electron chi connectivity index (χ0n) is 10.2. The van der Waals surface area contributed by atoms with Gasteiger partial charge in [0, 0.05) is 0 Å². The van der Waals surface area contributed by atoms with Crippen molar-refractivity contribution in [2.45, 2.75) is 51.2 Å². The molecular formula is C15H19NO. The molecule has 0 aromatic heterocycles. The molecule has 0 N–H and O–H groups in total. The molecule has 1 aromatic carbocycles. The van der Waals surface area contributed by atoms with Crippen molar-refractivity contribution in [2.75, 3.05) is 0 Å². The second-order valence-corrected chi connectivity index (χ2v) is 4.74. The molecule has 90 valence electrons. The zero-order chi connectivity index (χ0) is 11.9. The second kappa shape index (κ2) is 6.42. The van der Waals surface area contributed by atoms with Crippen LogP contribution in [0.1, 0.15) is 49.7 Å². The lowest BCUT2D eigenvalue weighted by Gasteiger charge is -2.15. The number of benzene rings is 1. The normalized spacial score (nSPS) is 17.4. The van der Waals surface area contributed by atoms with E-state index in [0.29, 0.717) is 18.3 Å². The minimum Gasteiger partial charge on any atom is -0.374 e. The molecule has 1 aliphatic rings. The van der Waals surface area contributed by atoms with Crippen LogP contribution < -0.4 is 0 Å². The third-order valence-electron chi connectivity index (χ3n) is 3.34. The maximum atomic E-state index is 8.83. The van der Waals surface area contributed by atoms with Crippen molar-refractivity contribution in [1.29, 1.82) is 5.26 Å². The van der Waals surface area contributed by atoms with Gasteiger partial charge in [-0.1, -0.05) is 37.8 Å². The Bertz CT molecular complexity index is 386. The van der Waals surface area contributed by atoms with Gasteiger partial charge in [-0.25, -0.2) is 0 Å². The highest BCUT2D eigenvalue weighted by Crippen LogP contribution is 2.21. The van der Waals surface area contributed by atoms with Gasteiger partial charge < -0.3 is 4.74 Å². The smallest absolute Gasteiger partial charge is 0.0991 e. The fourth-order valence-corrected chi connectivity index (χ4v) is 2.35. The Morgan fingerprint density at radius 2 is 1.94 bits per heavy atom. The Balaban J connectivity index is 1.86. The van der Waals surface area contributed by atoms with Crippen molar-refractivity contribution in [3.8, 4) is 6.07 Å². The Morgan fingerprint density at radius 1 is 1.18 bits per heavy atom. The molecule has 0 atom stereocenters. The number of nitrogens with zero attached hydrogens (tertiary/aromatic N) is 1. The van der Waals surface area contributed by atoms with E-state index in [9.17, 15) is 0 Å². The van der Waals surface area contributed by atoms with Gasteiger partial charge >= 0.3 is 0 Å². The third kappa shape index (κ3) is 3.87. The van der Waals surface area contributed by atoms with Crippen LogP contribution in [0.15, 0.2) is 24.3 Å². The number of hydrogen-bond donors (Lipinski definition) is 0. The minimum absolute atomic E-state index is 0.420. The second-order valence-electron chi connectivity index (χ2n) is 4.74.